The number of nitrogens with zero attached hydrogens (tertiary/aromatic N) is 1. The number of carbonyl (C=O) groups is 2. The van der Waals surface area contributed by atoms with Crippen LogP contribution >= 0.6 is 11.6 Å². The van der Waals surface area contributed by atoms with E-state index in [2.05, 4.69) is 29.7 Å². The molecule has 0 unspecified atom stereocenters. The van der Waals surface area contributed by atoms with E-state index >= 15 is 0 Å². The second-order valence-electron chi connectivity index (χ2n) is 6.64. The molecule has 3 aromatic rings. The van der Waals surface area contributed by atoms with Crippen LogP contribution in [0.1, 0.15) is 31.1 Å². The van der Waals surface area contributed by atoms with Crippen LogP contribution in [0.3, 0.4) is 0 Å². The maximum atomic E-state index is 12.0. The number of hydrogen-bond donors (Lipinski definition) is 2. The van der Waals surface area contributed by atoms with Crippen molar-refractivity contribution in [2.45, 2.75) is 19.8 Å². The predicted molar refractivity (Wildman–Crippen MR) is 114 cm³/mol. The van der Waals surface area contributed by atoms with Gasteiger partial charge in [-0.05, 0) is 47.9 Å². The summed E-state index contributed by atoms with van der Waals surface area (Å²) in [6.07, 6.45) is 1.32. The zero-order valence-electron chi connectivity index (χ0n) is 16.0. The van der Waals surface area contributed by atoms with E-state index in [0.29, 0.717) is 28.1 Å². The Kier molecular flexibility index (Phi) is 6.46. The molecule has 148 valence electrons. The van der Waals surface area contributed by atoms with E-state index in [4.69, 9.17) is 16.0 Å². The summed E-state index contributed by atoms with van der Waals surface area (Å²) in [6, 6.07) is 18.0. The van der Waals surface area contributed by atoms with E-state index in [-0.39, 0.29) is 0 Å². The summed E-state index contributed by atoms with van der Waals surface area (Å²) in [7, 11) is 0. The Morgan fingerprint density at radius 2 is 1.79 bits per heavy atom. The Labute approximate surface area is 173 Å². The number of rotatable bonds is 5. The van der Waals surface area contributed by atoms with Crippen LogP contribution in [-0.2, 0) is 9.59 Å². The first-order valence-corrected chi connectivity index (χ1v) is 9.40. The molecule has 0 aliphatic heterocycles. The monoisotopic (exact) mass is 409 g/mol. The van der Waals surface area contributed by atoms with Crippen LogP contribution in [-0.4, -0.2) is 18.0 Å². The highest BCUT2D eigenvalue weighted by Gasteiger charge is 2.13. The van der Waals surface area contributed by atoms with Crippen LogP contribution in [0.4, 0.5) is 5.69 Å². The minimum Gasteiger partial charge on any atom is -0.455 e. The molecule has 2 N–H and O–H groups in total. The van der Waals surface area contributed by atoms with E-state index in [9.17, 15) is 9.59 Å². The SMILES string of the molecule is CC(C)c1ccc(NC(=O)C(=O)N/N=C/c2ccc(-c3cccc(Cl)c3)o2)cc1. The molecule has 0 saturated carbocycles. The Hall–Kier alpha value is -3.38. The van der Waals surface area contributed by atoms with E-state index in [0.717, 1.165) is 11.1 Å². The normalized spacial score (nSPS) is 11.0. The lowest BCUT2D eigenvalue weighted by atomic mass is 10.0. The Bertz CT molecular complexity index is 1040. The van der Waals surface area contributed by atoms with Gasteiger partial charge in [0.1, 0.15) is 11.5 Å². The van der Waals surface area contributed by atoms with E-state index in [1.165, 1.54) is 6.21 Å². The van der Waals surface area contributed by atoms with Crippen LogP contribution in [0.5, 0.6) is 0 Å². The first-order chi connectivity index (χ1) is 13.9. The third kappa shape index (κ3) is 5.56. The molecular weight excluding hydrogens is 390 g/mol. The van der Waals surface area contributed by atoms with E-state index < -0.39 is 11.8 Å². The molecule has 7 heteroatoms. The fourth-order valence-electron chi connectivity index (χ4n) is 2.56. The van der Waals surface area contributed by atoms with Crippen LogP contribution in [0.2, 0.25) is 5.02 Å². The summed E-state index contributed by atoms with van der Waals surface area (Å²) >= 11 is 5.98. The molecule has 2 amide bonds. The largest absolute Gasteiger partial charge is 0.455 e. The molecule has 29 heavy (non-hydrogen) atoms. The van der Waals surface area contributed by atoms with Gasteiger partial charge in [-0.1, -0.05) is 49.7 Å². The Morgan fingerprint density at radius 1 is 1.03 bits per heavy atom. The zero-order chi connectivity index (χ0) is 20.8. The lowest BCUT2D eigenvalue weighted by Gasteiger charge is -2.07. The van der Waals surface area contributed by atoms with Crippen molar-refractivity contribution in [3.63, 3.8) is 0 Å². The third-order valence-corrected chi connectivity index (χ3v) is 4.37. The van der Waals surface area contributed by atoms with Gasteiger partial charge in [-0.15, -0.1) is 0 Å². The van der Waals surface area contributed by atoms with Gasteiger partial charge in [0.15, 0.2) is 0 Å². The van der Waals surface area contributed by atoms with Crippen LogP contribution in [0.15, 0.2) is 70.2 Å². The van der Waals surface area contributed by atoms with Crippen molar-refractivity contribution in [2.24, 2.45) is 5.10 Å². The lowest BCUT2D eigenvalue weighted by Crippen LogP contribution is -2.32. The number of halogens is 1. The molecule has 0 aliphatic carbocycles. The topological polar surface area (TPSA) is 83.7 Å². The van der Waals surface area contributed by atoms with E-state index in [1.54, 1.807) is 36.4 Å². The summed E-state index contributed by atoms with van der Waals surface area (Å²) in [6.45, 7) is 4.16. The van der Waals surface area contributed by atoms with Crippen LogP contribution < -0.4 is 10.7 Å². The molecule has 0 aliphatic rings. The second kappa shape index (κ2) is 9.21. The molecule has 0 bridgehead atoms. The van der Waals surface area contributed by atoms with Gasteiger partial charge in [-0.2, -0.15) is 5.10 Å². The quantitative estimate of drug-likeness (QED) is 0.360. The first kappa shape index (κ1) is 20.4. The van der Waals surface area contributed by atoms with Crippen LogP contribution in [0, 0.1) is 0 Å². The number of nitrogens with one attached hydrogen (secondary N) is 2. The highest BCUT2D eigenvalue weighted by atomic mass is 35.5. The van der Waals surface area contributed by atoms with Gasteiger partial charge < -0.3 is 9.73 Å². The number of benzene rings is 2. The maximum Gasteiger partial charge on any atom is 0.329 e. The second-order valence-corrected chi connectivity index (χ2v) is 7.08. The summed E-state index contributed by atoms with van der Waals surface area (Å²) in [4.78, 5) is 23.9. The van der Waals surface area contributed by atoms with Gasteiger partial charge in [0, 0.05) is 16.3 Å². The fraction of sp³-hybridized carbons (Fsp3) is 0.136. The Morgan fingerprint density at radius 3 is 2.48 bits per heavy atom. The molecule has 0 saturated heterocycles. The number of amides is 2. The first-order valence-electron chi connectivity index (χ1n) is 9.02. The molecule has 1 heterocycles. The average molecular weight is 410 g/mol. The van der Waals surface area contributed by atoms with Gasteiger partial charge in [-0.3, -0.25) is 9.59 Å². The van der Waals surface area contributed by atoms with Crippen molar-refractivity contribution in [3.05, 3.63) is 77.0 Å². The molecule has 0 spiro atoms. The van der Waals surface area contributed by atoms with Gasteiger partial charge >= 0.3 is 11.8 Å². The maximum absolute atomic E-state index is 12.0. The zero-order valence-corrected chi connectivity index (χ0v) is 16.7. The smallest absolute Gasteiger partial charge is 0.329 e. The van der Waals surface area contributed by atoms with Crippen molar-refractivity contribution in [2.75, 3.05) is 5.32 Å². The number of carbonyl (C=O) groups excluding carboxylic acids is 2. The molecule has 2 aromatic carbocycles. The highest BCUT2D eigenvalue weighted by molar-refractivity contribution is 6.39. The Balaban J connectivity index is 1.54. The number of furan rings is 1. The highest BCUT2D eigenvalue weighted by Crippen LogP contribution is 2.24. The van der Waals surface area contributed by atoms with Gasteiger partial charge in [0.2, 0.25) is 0 Å². The molecule has 0 atom stereocenters. The third-order valence-electron chi connectivity index (χ3n) is 4.14. The lowest BCUT2D eigenvalue weighted by molar-refractivity contribution is -0.136. The minimum absolute atomic E-state index is 0.387. The van der Waals surface area contributed by atoms with Crippen molar-refractivity contribution in [1.29, 1.82) is 0 Å². The number of hydrogen-bond acceptors (Lipinski definition) is 4. The van der Waals surface area contributed by atoms with Crippen molar-refractivity contribution < 1.29 is 14.0 Å². The van der Waals surface area contributed by atoms with Crippen molar-refractivity contribution >= 4 is 35.3 Å². The standard InChI is InChI=1S/C22H20ClN3O3/c1-14(2)15-6-8-18(9-7-15)25-21(27)22(28)26-24-13-19-10-11-20(29-19)16-4-3-5-17(23)12-16/h3-14H,1-2H3,(H,25,27)(H,26,28)/b24-13+. The molecule has 3 rings (SSSR count). The molecular formula is C22H20ClN3O3. The van der Waals surface area contributed by atoms with Crippen molar-refractivity contribution in [1.82, 2.24) is 5.43 Å². The number of hydrazone groups is 1. The van der Waals surface area contributed by atoms with Gasteiger partial charge in [0.25, 0.3) is 0 Å². The predicted octanol–water partition coefficient (Wildman–Crippen LogP) is 4.81. The molecule has 0 radical (unpaired) electrons. The molecule has 0 fully saturated rings. The summed E-state index contributed by atoms with van der Waals surface area (Å²) in [5.41, 5.74) is 4.68. The van der Waals surface area contributed by atoms with Crippen molar-refractivity contribution in [3.8, 4) is 11.3 Å². The van der Waals surface area contributed by atoms with Gasteiger partial charge in [-0.25, -0.2) is 5.43 Å². The molecule has 1 aromatic heterocycles. The molecule has 6 nitrogen and oxygen atoms in total. The van der Waals surface area contributed by atoms with Gasteiger partial charge in [0.05, 0.1) is 6.21 Å². The number of anilines is 1. The summed E-state index contributed by atoms with van der Waals surface area (Å²) < 4.78 is 5.63. The minimum atomic E-state index is -0.879. The summed E-state index contributed by atoms with van der Waals surface area (Å²) in [5, 5.41) is 6.89. The van der Waals surface area contributed by atoms with E-state index in [1.807, 2.05) is 24.3 Å². The van der Waals surface area contributed by atoms with Crippen LogP contribution in [0.25, 0.3) is 11.3 Å². The fourth-order valence-corrected chi connectivity index (χ4v) is 2.75. The average Bonchev–Trinajstić information content (AvgIpc) is 3.17. The summed E-state index contributed by atoms with van der Waals surface area (Å²) in [5.74, 6) is -0.263.